The third-order valence-electron chi connectivity index (χ3n) is 5.99. The van der Waals surface area contributed by atoms with E-state index in [0.717, 1.165) is 5.69 Å². The highest BCUT2D eigenvalue weighted by atomic mass is 32.2. The number of nitrogens with zero attached hydrogens (tertiary/aromatic N) is 4. The molecule has 10 heteroatoms. The van der Waals surface area contributed by atoms with Crippen molar-refractivity contribution in [2.24, 2.45) is 0 Å². The minimum absolute atomic E-state index is 0.0239. The molecule has 0 bridgehead atoms. The number of nitrogens with one attached hydrogen (secondary N) is 1. The molecule has 1 N–H and O–H groups in total. The van der Waals surface area contributed by atoms with Crippen LogP contribution in [0.15, 0.2) is 30.3 Å². The molecule has 1 amide bonds. The average molecular weight is 448 g/mol. The Morgan fingerprint density at radius 1 is 1.10 bits per heavy atom. The van der Waals surface area contributed by atoms with Gasteiger partial charge in [0.15, 0.2) is 0 Å². The fourth-order valence-corrected chi connectivity index (χ4v) is 5.10. The number of hydrogen-bond donors (Lipinski definition) is 1. The molecule has 1 atom stereocenters. The SMILES string of the molecule is CNc1cc(C2CC(=O)N(c3ccc(F)cc3)C2)nc(C2CCN(S(C)(=O)=O)CC2)n1. The zero-order valence-corrected chi connectivity index (χ0v) is 18.4. The first-order valence-electron chi connectivity index (χ1n) is 10.3. The Morgan fingerprint density at radius 3 is 2.39 bits per heavy atom. The van der Waals surface area contributed by atoms with Crippen molar-refractivity contribution in [3.8, 4) is 0 Å². The molecular weight excluding hydrogens is 421 g/mol. The molecule has 2 fully saturated rings. The van der Waals surface area contributed by atoms with Gasteiger partial charge in [-0.05, 0) is 37.1 Å². The van der Waals surface area contributed by atoms with E-state index in [1.165, 1.54) is 22.7 Å². The quantitative estimate of drug-likeness (QED) is 0.756. The fraction of sp³-hybridized carbons (Fsp3) is 0.476. The third kappa shape index (κ3) is 4.69. The van der Waals surface area contributed by atoms with Crippen LogP contribution >= 0.6 is 0 Å². The summed E-state index contributed by atoms with van der Waals surface area (Å²) in [6.45, 7) is 1.37. The van der Waals surface area contributed by atoms with E-state index in [0.29, 0.717) is 56.2 Å². The number of hydrogen-bond acceptors (Lipinski definition) is 6. The summed E-state index contributed by atoms with van der Waals surface area (Å²) in [5.41, 5.74) is 1.46. The van der Waals surface area contributed by atoms with Gasteiger partial charge in [-0.25, -0.2) is 27.1 Å². The fourth-order valence-electron chi connectivity index (χ4n) is 4.23. The van der Waals surface area contributed by atoms with Crippen LogP contribution in [0.5, 0.6) is 0 Å². The number of rotatable bonds is 5. The number of carbonyl (C=O) groups is 1. The second-order valence-electron chi connectivity index (χ2n) is 8.10. The summed E-state index contributed by atoms with van der Waals surface area (Å²) in [5, 5.41) is 3.07. The topological polar surface area (TPSA) is 95.5 Å². The predicted molar refractivity (Wildman–Crippen MR) is 116 cm³/mol. The molecule has 0 radical (unpaired) electrons. The monoisotopic (exact) mass is 447 g/mol. The van der Waals surface area contributed by atoms with Gasteiger partial charge in [-0.15, -0.1) is 0 Å². The number of carbonyl (C=O) groups excluding carboxylic acids is 1. The molecule has 1 aromatic carbocycles. The van der Waals surface area contributed by atoms with Gasteiger partial charge in [0.1, 0.15) is 17.5 Å². The van der Waals surface area contributed by atoms with Crippen molar-refractivity contribution in [3.05, 3.63) is 47.7 Å². The molecule has 166 valence electrons. The van der Waals surface area contributed by atoms with E-state index >= 15 is 0 Å². The lowest BCUT2D eigenvalue weighted by molar-refractivity contribution is -0.117. The maximum Gasteiger partial charge on any atom is 0.227 e. The minimum Gasteiger partial charge on any atom is -0.373 e. The molecule has 2 saturated heterocycles. The summed E-state index contributed by atoms with van der Waals surface area (Å²) in [6, 6.07) is 7.77. The van der Waals surface area contributed by atoms with Crippen LogP contribution in [-0.4, -0.2) is 61.5 Å². The first kappa shape index (κ1) is 21.6. The van der Waals surface area contributed by atoms with Crippen molar-refractivity contribution >= 4 is 27.4 Å². The summed E-state index contributed by atoms with van der Waals surface area (Å²) in [7, 11) is -1.41. The van der Waals surface area contributed by atoms with Crippen LogP contribution in [0, 0.1) is 5.82 Å². The molecular formula is C21H26FN5O3S. The molecule has 2 aromatic rings. The minimum atomic E-state index is -3.19. The number of anilines is 2. The first-order valence-corrected chi connectivity index (χ1v) is 12.2. The molecule has 31 heavy (non-hydrogen) atoms. The van der Waals surface area contributed by atoms with Gasteiger partial charge in [-0.3, -0.25) is 4.79 Å². The lowest BCUT2D eigenvalue weighted by atomic mass is 9.96. The van der Waals surface area contributed by atoms with E-state index in [1.54, 1.807) is 24.1 Å². The van der Waals surface area contributed by atoms with Gasteiger partial charge >= 0.3 is 0 Å². The van der Waals surface area contributed by atoms with E-state index in [9.17, 15) is 17.6 Å². The zero-order chi connectivity index (χ0) is 22.2. The number of amides is 1. The molecule has 2 aliphatic heterocycles. The van der Waals surface area contributed by atoms with E-state index in [2.05, 4.69) is 10.3 Å². The first-order chi connectivity index (χ1) is 14.7. The molecule has 2 aliphatic rings. The highest BCUT2D eigenvalue weighted by Gasteiger charge is 2.34. The van der Waals surface area contributed by atoms with Gasteiger partial charge in [0.2, 0.25) is 15.9 Å². The van der Waals surface area contributed by atoms with Crippen molar-refractivity contribution in [1.29, 1.82) is 0 Å². The molecule has 0 saturated carbocycles. The molecule has 8 nitrogen and oxygen atoms in total. The van der Waals surface area contributed by atoms with E-state index in [1.807, 2.05) is 6.07 Å². The number of benzene rings is 1. The van der Waals surface area contributed by atoms with E-state index in [-0.39, 0.29) is 23.6 Å². The van der Waals surface area contributed by atoms with Gasteiger partial charge in [0.05, 0.1) is 11.9 Å². The number of piperidine rings is 1. The number of aromatic nitrogens is 2. The largest absolute Gasteiger partial charge is 0.373 e. The smallest absolute Gasteiger partial charge is 0.227 e. The summed E-state index contributed by atoms with van der Waals surface area (Å²) >= 11 is 0. The van der Waals surface area contributed by atoms with Crippen LogP contribution in [-0.2, 0) is 14.8 Å². The molecule has 0 aliphatic carbocycles. The van der Waals surface area contributed by atoms with Crippen LogP contribution in [0.4, 0.5) is 15.9 Å². The standard InChI is InChI=1S/C21H26FN5O3S/c1-23-19-12-18(15-11-20(28)27(13-15)17-5-3-16(22)4-6-17)24-21(25-19)14-7-9-26(10-8-14)31(2,29)30/h3-6,12,14-15H,7-11,13H2,1-2H3,(H,23,24,25). The van der Waals surface area contributed by atoms with Crippen LogP contribution in [0.3, 0.4) is 0 Å². The second-order valence-corrected chi connectivity index (χ2v) is 10.1. The zero-order valence-electron chi connectivity index (χ0n) is 17.6. The maximum atomic E-state index is 13.2. The van der Waals surface area contributed by atoms with Crippen molar-refractivity contribution in [2.75, 3.05) is 43.2 Å². The average Bonchev–Trinajstić information content (AvgIpc) is 3.15. The van der Waals surface area contributed by atoms with Crippen molar-refractivity contribution in [2.45, 2.75) is 31.1 Å². The Labute approximate surface area is 181 Å². The summed E-state index contributed by atoms with van der Waals surface area (Å²) in [4.78, 5) is 23.7. The lowest BCUT2D eigenvalue weighted by Gasteiger charge is -2.29. The summed E-state index contributed by atoms with van der Waals surface area (Å²) < 4.78 is 38.3. The molecule has 0 spiro atoms. The highest BCUT2D eigenvalue weighted by Crippen LogP contribution is 2.34. The summed E-state index contributed by atoms with van der Waals surface area (Å²) in [6.07, 6.45) is 2.87. The Balaban J connectivity index is 1.54. The van der Waals surface area contributed by atoms with Gasteiger partial charge in [-0.2, -0.15) is 0 Å². The maximum absolute atomic E-state index is 13.2. The van der Waals surface area contributed by atoms with Crippen molar-refractivity contribution in [1.82, 2.24) is 14.3 Å². The van der Waals surface area contributed by atoms with Gasteiger partial charge in [0, 0.05) is 56.7 Å². The Bertz CT molecular complexity index is 1070. The van der Waals surface area contributed by atoms with Crippen molar-refractivity contribution < 1.29 is 17.6 Å². The van der Waals surface area contributed by atoms with Crippen LogP contribution in [0.2, 0.25) is 0 Å². The molecule has 1 unspecified atom stereocenters. The molecule has 3 heterocycles. The summed E-state index contributed by atoms with van der Waals surface area (Å²) in [5.74, 6) is 0.969. The number of halogens is 1. The van der Waals surface area contributed by atoms with E-state index in [4.69, 9.17) is 4.98 Å². The Kier molecular flexibility index (Phi) is 5.94. The highest BCUT2D eigenvalue weighted by molar-refractivity contribution is 7.88. The number of sulfonamides is 1. The molecule has 4 rings (SSSR count). The predicted octanol–water partition coefficient (Wildman–Crippen LogP) is 2.32. The molecule has 1 aromatic heterocycles. The van der Waals surface area contributed by atoms with Crippen LogP contribution in [0.1, 0.15) is 42.6 Å². The van der Waals surface area contributed by atoms with Crippen LogP contribution in [0.25, 0.3) is 0 Å². The Hall–Kier alpha value is -2.59. The second kappa shape index (κ2) is 8.51. The van der Waals surface area contributed by atoms with E-state index < -0.39 is 10.0 Å². The van der Waals surface area contributed by atoms with Gasteiger partial charge in [-0.1, -0.05) is 0 Å². The van der Waals surface area contributed by atoms with Gasteiger partial charge < -0.3 is 10.2 Å². The third-order valence-corrected chi connectivity index (χ3v) is 7.29. The van der Waals surface area contributed by atoms with Crippen LogP contribution < -0.4 is 10.2 Å². The normalized spacial score (nSPS) is 20.9. The Morgan fingerprint density at radius 2 is 1.77 bits per heavy atom. The van der Waals surface area contributed by atoms with Crippen molar-refractivity contribution in [3.63, 3.8) is 0 Å². The van der Waals surface area contributed by atoms with Gasteiger partial charge in [0.25, 0.3) is 0 Å². The lowest BCUT2D eigenvalue weighted by Crippen LogP contribution is -2.37.